The van der Waals surface area contributed by atoms with Gasteiger partial charge in [0.15, 0.2) is 6.23 Å². The van der Waals surface area contributed by atoms with E-state index in [0.717, 1.165) is 16.3 Å². The van der Waals surface area contributed by atoms with E-state index in [4.69, 9.17) is 15.2 Å². The van der Waals surface area contributed by atoms with Crippen LogP contribution in [-0.2, 0) is 16.1 Å². The SMILES string of the molecule is Nc1ccn([C@@H]2O[C@H](CO)C(O)C2OCc2cc3ccc4ccc5ccc6ccc7ccc2c2c7c6c5c4c32)c(=O)n1. The molecule has 9 rings (SSSR count). The van der Waals surface area contributed by atoms with Crippen LogP contribution in [0.25, 0.3) is 64.6 Å². The van der Waals surface area contributed by atoms with Crippen molar-refractivity contribution in [3.63, 3.8) is 0 Å². The van der Waals surface area contributed by atoms with E-state index in [2.05, 4.69) is 71.7 Å². The third kappa shape index (κ3) is 3.09. The highest BCUT2D eigenvalue weighted by Gasteiger charge is 2.45. The average Bonchev–Trinajstić information content (AvgIpc) is 3.32. The van der Waals surface area contributed by atoms with Gasteiger partial charge in [-0.15, -0.1) is 0 Å². The molecule has 2 unspecified atom stereocenters. The zero-order valence-corrected chi connectivity index (χ0v) is 22.3. The van der Waals surface area contributed by atoms with Crippen LogP contribution in [0.15, 0.2) is 83.8 Å². The zero-order chi connectivity index (χ0) is 28.3. The van der Waals surface area contributed by atoms with Crippen LogP contribution < -0.4 is 11.4 Å². The number of nitrogens with two attached hydrogens (primary N) is 1. The van der Waals surface area contributed by atoms with Crippen molar-refractivity contribution in [1.29, 1.82) is 0 Å². The van der Waals surface area contributed by atoms with E-state index in [-0.39, 0.29) is 12.4 Å². The molecule has 1 aromatic heterocycles. The molecule has 206 valence electrons. The molecule has 0 spiro atoms. The summed E-state index contributed by atoms with van der Waals surface area (Å²) in [7, 11) is 0. The molecule has 8 nitrogen and oxygen atoms in total. The van der Waals surface area contributed by atoms with Gasteiger partial charge in [-0.25, -0.2) is 4.79 Å². The van der Waals surface area contributed by atoms with Gasteiger partial charge in [-0.1, -0.05) is 60.7 Å². The molecule has 7 aromatic carbocycles. The van der Waals surface area contributed by atoms with Gasteiger partial charge in [-0.3, -0.25) is 4.57 Å². The van der Waals surface area contributed by atoms with E-state index >= 15 is 0 Å². The lowest BCUT2D eigenvalue weighted by Gasteiger charge is -2.24. The Balaban J connectivity index is 1.24. The lowest BCUT2D eigenvalue weighted by Crippen LogP contribution is -2.38. The largest absolute Gasteiger partial charge is 0.394 e. The smallest absolute Gasteiger partial charge is 0.351 e. The number of aliphatic hydroxyl groups excluding tert-OH is 2. The van der Waals surface area contributed by atoms with E-state index in [1.54, 1.807) is 0 Å². The zero-order valence-electron chi connectivity index (χ0n) is 22.3. The molecule has 4 N–H and O–H groups in total. The predicted molar refractivity (Wildman–Crippen MR) is 164 cm³/mol. The van der Waals surface area contributed by atoms with Gasteiger partial charge >= 0.3 is 5.69 Å². The maximum absolute atomic E-state index is 12.6. The first kappa shape index (κ1) is 24.0. The summed E-state index contributed by atoms with van der Waals surface area (Å²) in [6, 6.07) is 25.5. The van der Waals surface area contributed by atoms with Gasteiger partial charge in [0.2, 0.25) is 0 Å². The number of hydrogen-bond donors (Lipinski definition) is 3. The van der Waals surface area contributed by atoms with Gasteiger partial charge in [0, 0.05) is 6.20 Å². The fourth-order valence-electron chi connectivity index (χ4n) is 7.26. The number of nitrogens with zero attached hydrogens (tertiary/aromatic N) is 2. The Morgan fingerprint density at radius 2 is 1.36 bits per heavy atom. The van der Waals surface area contributed by atoms with Crippen LogP contribution in [0.4, 0.5) is 5.82 Å². The molecule has 8 aromatic rings. The van der Waals surface area contributed by atoms with Crippen LogP contribution >= 0.6 is 0 Å². The highest BCUT2D eigenvalue weighted by atomic mass is 16.6. The Bertz CT molecular complexity index is 2310. The fraction of sp³-hybridized carbons (Fsp3) is 0.176. The highest BCUT2D eigenvalue weighted by molar-refractivity contribution is 6.44. The van der Waals surface area contributed by atoms with Crippen molar-refractivity contribution in [3.8, 4) is 0 Å². The molecule has 42 heavy (non-hydrogen) atoms. The highest BCUT2D eigenvalue weighted by Crippen LogP contribution is 2.49. The van der Waals surface area contributed by atoms with Crippen LogP contribution in [0.3, 0.4) is 0 Å². The van der Waals surface area contributed by atoms with Crippen LogP contribution in [0.5, 0.6) is 0 Å². The number of benzene rings is 7. The minimum absolute atomic E-state index is 0.0859. The Morgan fingerprint density at radius 3 is 1.95 bits per heavy atom. The summed E-state index contributed by atoms with van der Waals surface area (Å²) >= 11 is 0. The number of nitrogen functional groups attached to an aromatic ring is 1. The van der Waals surface area contributed by atoms with Crippen LogP contribution in [0.1, 0.15) is 11.8 Å². The molecule has 1 saturated heterocycles. The molecule has 1 aliphatic heterocycles. The Labute approximate surface area is 238 Å². The summed E-state index contributed by atoms with van der Waals surface area (Å²) in [5, 5.41) is 35.5. The van der Waals surface area contributed by atoms with Crippen LogP contribution in [0, 0.1) is 0 Å². The van der Waals surface area contributed by atoms with Gasteiger partial charge in [-0.2, -0.15) is 4.98 Å². The first-order chi connectivity index (χ1) is 20.5. The lowest BCUT2D eigenvalue weighted by molar-refractivity contribution is -0.0794. The molecule has 0 saturated carbocycles. The third-order valence-corrected chi connectivity index (χ3v) is 9.14. The van der Waals surface area contributed by atoms with Crippen molar-refractivity contribution in [2.75, 3.05) is 12.3 Å². The number of rotatable bonds is 5. The van der Waals surface area contributed by atoms with Gasteiger partial charge in [-0.05, 0) is 82.3 Å². The maximum atomic E-state index is 12.6. The molecule has 1 aliphatic rings. The molecular weight excluding hydrogens is 530 g/mol. The molecule has 1 fully saturated rings. The summed E-state index contributed by atoms with van der Waals surface area (Å²) in [5.41, 5.74) is 6.02. The first-order valence-corrected chi connectivity index (χ1v) is 14.0. The van der Waals surface area contributed by atoms with Crippen LogP contribution in [0.2, 0.25) is 0 Å². The quantitative estimate of drug-likeness (QED) is 0.204. The molecule has 0 bridgehead atoms. The molecule has 0 amide bonds. The fourth-order valence-corrected chi connectivity index (χ4v) is 7.26. The Hall–Kier alpha value is -4.60. The van der Waals surface area contributed by atoms with E-state index < -0.39 is 36.8 Å². The molecular formula is C34H25N3O5. The second-order valence-corrected chi connectivity index (χ2v) is 11.3. The predicted octanol–water partition coefficient (Wildman–Crippen LogP) is 4.89. The summed E-state index contributed by atoms with van der Waals surface area (Å²) in [6.45, 7) is -0.259. The second kappa shape index (κ2) is 8.47. The van der Waals surface area contributed by atoms with Gasteiger partial charge in [0.05, 0.1) is 13.2 Å². The molecule has 0 radical (unpaired) electrons. The average molecular weight is 556 g/mol. The molecule has 0 aliphatic carbocycles. The molecule has 4 atom stereocenters. The summed E-state index contributed by atoms with van der Waals surface area (Å²) in [5.74, 6) is 0.0859. The van der Waals surface area contributed by atoms with Crippen LogP contribution in [-0.4, -0.2) is 44.7 Å². The summed E-state index contributed by atoms with van der Waals surface area (Å²) < 4.78 is 13.5. The van der Waals surface area contributed by atoms with Crippen molar-refractivity contribution in [1.82, 2.24) is 9.55 Å². The minimum atomic E-state index is -1.15. The summed E-state index contributed by atoms with van der Waals surface area (Å²) in [6.07, 6.45) is -2.50. The lowest BCUT2D eigenvalue weighted by atomic mass is 9.82. The number of ether oxygens (including phenoxy) is 2. The van der Waals surface area contributed by atoms with Crippen molar-refractivity contribution in [2.45, 2.75) is 31.1 Å². The third-order valence-electron chi connectivity index (χ3n) is 9.14. The minimum Gasteiger partial charge on any atom is -0.394 e. The van der Waals surface area contributed by atoms with Crippen molar-refractivity contribution in [3.05, 3.63) is 95.0 Å². The number of anilines is 1. The van der Waals surface area contributed by atoms with Gasteiger partial charge in [0.25, 0.3) is 0 Å². The van der Waals surface area contributed by atoms with E-state index in [0.29, 0.717) is 0 Å². The van der Waals surface area contributed by atoms with Gasteiger partial charge < -0.3 is 25.4 Å². The van der Waals surface area contributed by atoms with Gasteiger partial charge in [0.1, 0.15) is 24.1 Å². The molecule has 2 heterocycles. The summed E-state index contributed by atoms with van der Waals surface area (Å²) in [4.78, 5) is 16.4. The Kier molecular flexibility index (Phi) is 4.85. The number of hydrogen-bond acceptors (Lipinski definition) is 7. The monoisotopic (exact) mass is 555 g/mol. The van der Waals surface area contributed by atoms with E-state index in [9.17, 15) is 15.0 Å². The second-order valence-electron chi connectivity index (χ2n) is 11.3. The van der Waals surface area contributed by atoms with E-state index in [1.807, 2.05) is 0 Å². The van der Waals surface area contributed by atoms with Crippen molar-refractivity contribution in [2.24, 2.45) is 0 Å². The molecule has 8 heteroatoms. The normalized spacial score (nSPS) is 21.5. The topological polar surface area (TPSA) is 120 Å². The van der Waals surface area contributed by atoms with Crippen molar-refractivity contribution < 1.29 is 19.7 Å². The van der Waals surface area contributed by atoms with E-state index in [1.165, 1.54) is 70.7 Å². The van der Waals surface area contributed by atoms with Crippen molar-refractivity contribution >= 4 is 70.5 Å². The maximum Gasteiger partial charge on any atom is 0.351 e. The number of aromatic nitrogens is 2. The Morgan fingerprint density at radius 1 is 0.810 bits per heavy atom. The first-order valence-electron chi connectivity index (χ1n) is 14.0. The number of aliphatic hydroxyl groups is 2. The standard InChI is InChI=1S/C34H25N3O5/c35-24-11-12-37(34(40)36-24)33-32(31(39)23(14-38)42-33)41-15-21-13-20-8-7-18-4-2-16-1-3-17-5-6-19-9-10-22(21)30-28(19)26(17)25(16)27(18)29(20)30/h1-13,23,31-33,38-39H,14-15H2,(H2,35,36,40)/t23-,31?,32?,33-/m1/s1.